The molecule has 0 aliphatic carbocycles. The molecule has 0 aromatic heterocycles. The molecule has 2 fully saturated rings. The van der Waals surface area contributed by atoms with E-state index in [1.54, 1.807) is 4.90 Å². The fourth-order valence-corrected chi connectivity index (χ4v) is 2.84. The molecule has 2 saturated heterocycles. The van der Waals surface area contributed by atoms with Crippen molar-refractivity contribution in [3.63, 3.8) is 0 Å². The Morgan fingerprint density at radius 2 is 2.12 bits per heavy atom. The van der Waals surface area contributed by atoms with Crippen molar-refractivity contribution >= 4 is 22.0 Å². The minimum atomic E-state index is -0.422. The SMILES string of the molecule is CC(C)(C)OC(=O)N1CC2(C[C@@H](Br)CO2)C1. The van der Waals surface area contributed by atoms with E-state index in [9.17, 15) is 4.79 Å². The van der Waals surface area contributed by atoms with Crippen LogP contribution in [0.5, 0.6) is 0 Å². The van der Waals surface area contributed by atoms with Crippen LogP contribution in [0, 0.1) is 0 Å². The molecular formula is C11H18BrNO3. The lowest BCUT2D eigenvalue weighted by molar-refractivity contribution is -0.109. The van der Waals surface area contributed by atoms with Crippen LogP contribution in [0.3, 0.4) is 0 Å². The van der Waals surface area contributed by atoms with Gasteiger partial charge in [-0.1, -0.05) is 15.9 Å². The topological polar surface area (TPSA) is 38.8 Å². The third kappa shape index (κ3) is 2.51. The van der Waals surface area contributed by atoms with Gasteiger partial charge in [-0.2, -0.15) is 0 Å². The van der Waals surface area contributed by atoms with Crippen LogP contribution in [0.4, 0.5) is 4.79 Å². The zero-order valence-electron chi connectivity index (χ0n) is 9.96. The normalized spacial score (nSPS) is 28.0. The molecule has 2 aliphatic rings. The lowest BCUT2D eigenvalue weighted by Gasteiger charge is -2.46. The number of hydrogen-bond donors (Lipinski definition) is 0. The summed E-state index contributed by atoms with van der Waals surface area (Å²) >= 11 is 3.53. The van der Waals surface area contributed by atoms with Gasteiger partial charge in [-0.3, -0.25) is 0 Å². The Morgan fingerprint density at radius 3 is 2.56 bits per heavy atom. The molecule has 16 heavy (non-hydrogen) atoms. The first-order chi connectivity index (χ1) is 7.30. The molecule has 2 rings (SSSR count). The van der Waals surface area contributed by atoms with Crippen molar-refractivity contribution in [1.29, 1.82) is 0 Å². The summed E-state index contributed by atoms with van der Waals surface area (Å²) in [5, 5.41) is 0. The van der Waals surface area contributed by atoms with Gasteiger partial charge in [-0.25, -0.2) is 4.79 Å². The van der Waals surface area contributed by atoms with Crippen molar-refractivity contribution < 1.29 is 14.3 Å². The van der Waals surface area contributed by atoms with Crippen molar-refractivity contribution in [2.75, 3.05) is 19.7 Å². The van der Waals surface area contributed by atoms with Gasteiger partial charge >= 0.3 is 6.09 Å². The van der Waals surface area contributed by atoms with Crippen molar-refractivity contribution in [2.45, 2.75) is 43.2 Å². The highest BCUT2D eigenvalue weighted by Crippen LogP contribution is 2.38. The van der Waals surface area contributed by atoms with Crippen LogP contribution in [0.25, 0.3) is 0 Å². The minimum absolute atomic E-state index is 0.106. The Kier molecular flexibility index (Phi) is 2.95. The van der Waals surface area contributed by atoms with E-state index in [0.717, 1.165) is 13.0 Å². The number of rotatable bonds is 0. The average molecular weight is 292 g/mol. The highest BCUT2D eigenvalue weighted by atomic mass is 79.9. The van der Waals surface area contributed by atoms with Crippen LogP contribution in [-0.2, 0) is 9.47 Å². The van der Waals surface area contributed by atoms with Crippen LogP contribution < -0.4 is 0 Å². The van der Waals surface area contributed by atoms with E-state index in [-0.39, 0.29) is 11.7 Å². The largest absolute Gasteiger partial charge is 0.444 e. The molecule has 1 amide bonds. The molecule has 1 spiro atoms. The number of halogens is 1. The van der Waals surface area contributed by atoms with Gasteiger partial charge in [-0.15, -0.1) is 0 Å². The van der Waals surface area contributed by atoms with Gasteiger partial charge in [0.1, 0.15) is 11.2 Å². The lowest BCUT2D eigenvalue weighted by Crippen LogP contribution is -2.63. The minimum Gasteiger partial charge on any atom is -0.444 e. The third-order valence-electron chi connectivity index (χ3n) is 2.77. The Labute approximate surface area is 104 Å². The van der Waals surface area contributed by atoms with Crippen molar-refractivity contribution in [1.82, 2.24) is 4.90 Å². The maximum absolute atomic E-state index is 11.7. The number of carbonyl (C=O) groups is 1. The second kappa shape index (κ2) is 3.88. The number of hydrogen-bond acceptors (Lipinski definition) is 3. The predicted molar refractivity (Wildman–Crippen MR) is 63.8 cm³/mol. The van der Waals surface area contributed by atoms with Crippen LogP contribution in [0.15, 0.2) is 0 Å². The van der Waals surface area contributed by atoms with E-state index in [1.807, 2.05) is 20.8 Å². The van der Waals surface area contributed by atoms with Gasteiger partial charge in [0.05, 0.1) is 19.7 Å². The quantitative estimate of drug-likeness (QED) is 0.642. The smallest absolute Gasteiger partial charge is 0.410 e. The molecule has 0 N–H and O–H groups in total. The van der Waals surface area contributed by atoms with Gasteiger partial charge in [0.25, 0.3) is 0 Å². The van der Waals surface area contributed by atoms with E-state index >= 15 is 0 Å². The fraction of sp³-hybridized carbons (Fsp3) is 0.909. The number of nitrogens with zero attached hydrogens (tertiary/aromatic N) is 1. The molecular weight excluding hydrogens is 274 g/mol. The van der Waals surface area contributed by atoms with E-state index in [0.29, 0.717) is 17.9 Å². The van der Waals surface area contributed by atoms with Gasteiger partial charge in [0, 0.05) is 4.83 Å². The van der Waals surface area contributed by atoms with E-state index in [1.165, 1.54) is 0 Å². The van der Waals surface area contributed by atoms with Gasteiger partial charge in [-0.05, 0) is 27.2 Å². The van der Waals surface area contributed by atoms with Crippen LogP contribution in [0.1, 0.15) is 27.2 Å². The summed E-state index contributed by atoms with van der Waals surface area (Å²) in [5.74, 6) is 0. The molecule has 0 radical (unpaired) electrons. The maximum Gasteiger partial charge on any atom is 0.410 e. The molecule has 92 valence electrons. The lowest BCUT2D eigenvalue weighted by atomic mass is 9.91. The van der Waals surface area contributed by atoms with Crippen molar-refractivity contribution in [3.05, 3.63) is 0 Å². The van der Waals surface area contributed by atoms with Gasteiger partial charge < -0.3 is 14.4 Å². The van der Waals surface area contributed by atoms with Crippen LogP contribution in [0.2, 0.25) is 0 Å². The molecule has 0 saturated carbocycles. The van der Waals surface area contributed by atoms with Crippen molar-refractivity contribution in [2.24, 2.45) is 0 Å². The first kappa shape index (κ1) is 12.2. The molecule has 0 bridgehead atoms. The maximum atomic E-state index is 11.7. The van der Waals surface area contributed by atoms with Crippen LogP contribution in [-0.4, -0.2) is 46.7 Å². The summed E-state index contributed by atoms with van der Waals surface area (Å²) < 4.78 is 11.0. The summed E-state index contributed by atoms with van der Waals surface area (Å²) in [4.78, 5) is 13.8. The summed E-state index contributed by atoms with van der Waals surface area (Å²) in [6.45, 7) is 7.68. The summed E-state index contributed by atoms with van der Waals surface area (Å²) in [6, 6.07) is 0. The van der Waals surface area contributed by atoms with Crippen molar-refractivity contribution in [3.8, 4) is 0 Å². The Bertz CT molecular complexity index is 294. The number of alkyl halides is 1. The summed E-state index contributed by atoms with van der Waals surface area (Å²) in [6.07, 6.45) is 0.742. The number of carbonyl (C=O) groups excluding carboxylic acids is 1. The average Bonchev–Trinajstić information content (AvgIpc) is 2.41. The van der Waals surface area contributed by atoms with Crippen LogP contribution >= 0.6 is 15.9 Å². The molecule has 0 unspecified atom stereocenters. The van der Waals surface area contributed by atoms with E-state index in [4.69, 9.17) is 9.47 Å². The number of amides is 1. The molecule has 0 aromatic carbocycles. The molecule has 4 nitrogen and oxygen atoms in total. The van der Waals surface area contributed by atoms with Gasteiger partial charge in [0.15, 0.2) is 0 Å². The monoisotopic (exact) mass is 291 g/mol. The zero-order valence-corrected chi connectivity index (χ0v) is 11.5. The molecule has 1 atom stereocenters. The Balaban J connectivity index is 1.82. The Morgan fingerprint density at radius 1 is 1.50 bits per heavy atom. The molecule has 2 heterocycles. The first-order valence-corrected chi connectivity index (χ1v) is 6.47. The standard InChI is InChI=1S/C11H18BrNO3/c1-10(2,3)16-9(14)13-6-11(7-13)4-8(12)5-15-11/h8H,4-7H2,1-3H3/t8-/m1/s1. The first-order valence-electron chi connectivity index (χ1n) is 5.56. The number of likely N-dealkylation sites (tertiary alicyclic amines) is 1. The Hall–Kier alpha value is -0.290. The number of ether oxygens (including phenoxy) is 2. The van der Waals surface area contributed by atoms with E-state index < -0.39 is 5.60 Å². The predicted octanol–water partition coefficient (Wildman–Crippen LogP) is 2.16. The summed E-state index contributed by atoms with van der Waals surface area (Å²) in [5.41, 5.74) is -0.528. The molecule has 0 aromatic rings. The fourth-order valence-electron chi connectivity index (χ4n) is 2.11. The molecule has 5 heteroatoms. The summed E-state index contributed by atoms with van der Waals surface area (Å²) in [7, 11) is 0. The highest BCUT2D eigenvalue weighted by Gasteiger charge is 2.51. The molecule has 2 aliphatic heterocycles. The zero-order chi connectivity index (χ0) is 12.0. The second-order valence-electron chi connectivity index (χ2n) is 5.63. The highest BCUT2D eigenvalue weighted by molar-refractivity contribution is 9.09. The van der Waals surface area contributed by atoms with E-state index in [2.05, 4.69) is 15.9 Å². The third-order valence-corrected chi connectivity index (χ3v) is 3.36. The van der Waals surface area contributed by atoms with Gasteiger partial charge in [0.2, 0.25) is 0 Å². The second-order valence-corrected chi connectivity index (χ2v) is 6.93.